The predicted octanol–water partition coefficient (Wildman–Crippen LogP) is 0.799. The average Bonchev–Trinajstić information content (AvgIpc) is 2.82. The minimum Gasteiger partial charge on any atom is -0.398 e. The highest BCUT2D eigenvalue weighted by atomic mass is 32.2. The van der Waals surface area contributed by atoms with E-state index in [-0.39, 0.29) is 23.0 Å². The van der Waals surface area contributed by atoms with Crippen LogP contribution in [0.25, 0.3) is 0 Å². The highest BCUT2D eigenvalue weighted by Gasteiger charge is 2.35. The first-order chi connectivity index (χ1) is 8.82. The second-order valence-corrected chi connectivity index (χ2v) is 6.74. The standard InChI is InChI=1S/C12H17FN2O3S/c1-8(16)9-4-5-15(7-9)19(17,18)12-6-10(13)2-3-11(12)14/h2-3,6,8-9,16H,4-5,7,14H2,1H3. The number of hydrogen-bond acceptors (Lipinski definition) is 4. The third-order valence-corrected chi connectivity index (χ3v) is 5.38. The first-order valence-corrected chi connectivity index (χ1v) is 7.49. The summed E-state index contributed by atoms with van der Waals surface area (Å²) in [7, 11) is -3.80. The highest BCUT2D eigenvalue weighted by molar-refractivity contribution is 7.89. The SMILES string of the molecule is CC(O)C1CCN(S(=O)(=O)c2cc(F)ccc2N)C1. The van der Waals surface area contributed by atoms with Crippen molar-refractivity contribution < 1.29 is 17.9 Å². The topological polar surface area (TPSA) is 83.6 Å². The molecule has 2 unspecified atom stereocenters. The van der Waals surface area contributed by atoms with Gasteiger partial charge in [0, 0.05) is 13.1 Å². The number of nitrogen functional groups attached to an aromatic ring is 1. The van der Waals surface area contributed by atoms with Crippen molar-refractivity contribution in [2.24, 2.45) is 5.92 Å². The van der Waals surface area contributed by atoms with Gasteiger partial charge in [0.05, 0.1) is 11.8 Å². The quantitative estimate of drug-likeness (QED) is 0.806. The first kappa shape index (κ1) is 14.2. The molecule has 1 saturated heterocycles. The van der Waals surface area contributed by atoms with E-state index in [1.165, 1.54) is 10.4 Å². The molecule has 1 fully saturated rings. The van der Waals surface area contributed by atoms with Crippen molar-refractivity contribution in [1.82, 2.24) is 4.31 Å². The van der Waals surface area contributed by atoms with Crippen LogP contribution < -0.4 is 5.73 Å². The molecule has 1 aliphatic heterocycles. The zero-order chi connectivity index (χ0) is 14.2. The van der Waals surface area contributed by atoms with E-state index in [0.29, 0.717) is 13.0 Å². The Balaban J connectivity index is 2.31. The molecule has 1 aromatic rings. The zero-order valence-corrected chi connectivity index (χ0v) is 11.4. The average molecular weight is 288 g/mol. The second-order valence-electron chi connectivity index (χ2n) is 4.83. The van der Waals surface area contributed by atoms with Crippen molar-refractivity contribution in [3.8, 4) is 0 Å². The summed E-state index contributed by atoms with van der Waals surface area (Å²) in [5, 5.41) is 9.50. The van der Waals surface area contributed by atoms with Gasteiger partial charge in [0.15, 0.2) is 0 Å². The van der Waals surface area contributed by atoms with E-state index < -0.39 is 21.9 Å². The number of hydrogen-bond donors (Lipinski definition) is 2. The van der Waals surface area contributed by atoms with Gasteiger partial charge >= 0.3 is 0 Å². The van der Waals surface area contributed by atoms with Crippen LogP contribution >= 0.6 is 0 Å². The molecule has 3 N–H and O–H groups in total. The first-order valence-electron chi connectivity index (χ1n) is 6.05. The van der Waals surface area contributed by atoms with Gasteiger partial charge in [-0.2, -0.15) is 4.31 Å². The third kappa shape index (κ3) is 2.72. The number of halogens is 1. The maximum absolute atomic E-state index is 13.2. The van der Waals surface area contributed by atoms with E-state index >= 15 is 0 Å². The second kappa shape index (κ2) is 5.07. The van der Waals surface area contributed by atoms with E-state index in [9.17, 15) is 17.9 Å². The maximum atomic E-state index is 13.2. The lowest BCUT2D eigenvalue weighted by molar-refractivity contribution is 0.133. The minimum absolute atomic E-state index is 0.0295. The molecule has 0 radical (unpaired) electrons. The van der Waals surface area contributed by atoms with Crippen LogP contribution in [0, 0.1) is 11.7 Å². The molecule has 0 amide bonds. The predicted molar refractivity (Wildman–Crippen MR) is 69.4 cm³/mol. The summed E-state index contributed by atoms with van der Waals surface area (Å²) in [4.78, 5) is -0.209. The Morgan fingerprint density at radius 1 is 1.53 bits per heavy atom. The van der Waals surface area contributed by atoms with Gasteiger partial charge in [-0.3, -0.25) is 0 Å². The van der Waals surface area contributed by atoms with Crippen molar-refractivity contribution in [3.63, 3.8) is 0 Å². The van der Waals surface area contributed by atoms with Crippen molar-refractivity contribution in [2.75, 3.05) is 18.8 Å². The zero-order valence-electron chi connectivity index (χ0n) is 10.6. The largest absolute Gasteiger partial charge is 0.398 e. The summed E-state index contributed by atoms with van der Waals surface area (Å²) in [5.41, 5.74) is 5.65. The van der Waals surface area contributed by atoms with Gasteiger partial charge in [-0.05, 0) is 37.5 Å². The van der Waals surface area contributed by atoms with Gasteiger partial charge in [-0.1, -0.05) is 0 Å². The summed E-state index contributed by atoms with van der Waals surface area (Å²) in [6.45, 7) is 2.18. The summed E-state index contributed by atoms with van der Waals surface area (Å²) in [5.74, 6) is -0.733. The van der Waals surface area contributed by atoms with Crippen LogP contribution in [-0.4, -0.2) is 37.0 Å². The Kier molecular flexibility index (Phi) is 3.80. The molecule has 0 bridgehead atoms. The number of anilines is 1. The molecular formula is C12H17FN2O3S. The summed E-state index contributed by atoms with van der Waals surface area (Å²) < 4.78 is 39.2. The Morgan fingerprint density at radius 3 is 2.79 bits per heavy atom. The highest BCUT2D eigenvalue weighted by Crippen LogP contribution is 2.29. The van der Waals surface area contributed by atoms with Crippen LogP contribution in [0.5, 0.6) is 0 Å². The van der Waals surface area contributed by atoms with Crippen LogP contribution in [0.15, 0.2) is 23.1 Å². The molecule has 2 atom stereocenters. The number of nitrogens with two attached hydrogens (primary N) is 1. The van der Waals surface area contributed by atoms with Crippen LogP contribution in [0.2, 0.25) is 0 Å². The molecule has 19 heavy (non-hydrogen) atoms. The number of nitrogens with zero attached hydrogens (tertiary/aromatic N) is 1. The van der Waals surface area contributed by atoms with Crippen LogP contribution in [0.3, 0.4) is 0 Å². The maximum Gasteiger partial charge on any atom is 0.245 e. The number of aliphatic hydroxyl groups is 1. The Labute approximate surface area is 111 Å². The van der Waals surface area contributed by atoms with E-state index in [2.05, 4.69) is 0 Å². The Bertz CT molecular complexity index is 574. The molecule has 0 spiro atoms. The van der Waals surface area contributed by atoms with Gasteiger partial charge in [0.2, 0.25) is 10.0 Å². The van der Waals surface area contributed by atoms with E-state index in [1.807, 2.05) is 0 Å². The third-order valence-electron chi connectivity index (χ3n) is 3.46. The van der Waals surface area contributed by atoms with Gasteiger partial charge < -0.3 is 10.8 Å². The lowest BCUT2D eigenvalue weighted by Crippen LogP contribution is -2.31. The fourth-order valence-corrected chi connectivity index (χ4v) is 3.88. The van der Waals surface area contributed by atoms with Crippen molar-refractivity contribution in [1.29, 1.82) is 0 Å². The summed E-state index contributed by atoms with van der Waals surface area (Å²) in [6.07, 6.45) is 0.0246. The molecule has 0 aromatic heterocycles. The van der Waals surface area contributed by atoms with Crippen LogP contribution in [-0.2, 0) is 10.0 Å². The van der Waals surface area contributed by atoms with Crippen LogP contribution in [0.1, 0.15) is 13.3 Å². The van der Waals surface area contributed by atoms with Gasteiger partial charge in [0.25, 0.3) is 0 Å². The van der Waals surface area contributed by atoms with Crippen molar-refractivity contribution in [2.45, 2.75) is 24.3 Å². The molecular weight excluding hydrogens is 271 g/mol. The number of sulfonamides is 1. The Morgan fingerprint density at radius 2 is 2.21 bits per heavy atom. The molecule has 0 aliphatic carbocycles. The summed E-state index contributed by atoms with van der Waals surface area (Å²) >= 11 is 0. The number of benzene rings is 1. The normalized spacial score (nSPS) is 22.6. The van der Waals surface area contributed by atoms with E-state index in [1.54, 1.807) is 6.92 Å². The fourth-order valence-electron chi connectivity index (χ4n) is 2.24. The van der Waals surface area contributed by atoms with Gasteiger partial charge in [-0.25, -0.2) is 12.8 Å². The minimum atomic E-state index is -3.80. The molecule has 106 valence electrons. The van der Waals surface area contributed by atoms with Crippen molar-refractivity contribution >= 4 is 15.7 Å². The van der Waals surface area contributed by atoms with Crippen molar-refractivity contribution in [3.05, 3.63) is 24.0 Å². The van der Waals surface area contributed by atoms with E-state index in [0.717, 1.165) is 12.1 Å². The number of aliphatic hydroxyl groups excluding tert-OH is 1. The van der Waals surface area contributed by atoms with Gasteiger partial charge in [-0.15, -0.1) is 0 Å². The Hall–Kier alpha value is -1.18. The molecule has 1 aromatic carbocycles. The van der Waals surface area contributed by atoms with Gasteiger partial charge in [0.1, 0.15) is 10.7 Å². The molecule has 0 saturated carbocycles. The lowest BCUT2D eigenvalue weighted by Gasteiger charge is -2.18. The molecule has 5 nitrogen and oxygen atoms in total. The molecule has 1 heterocycles. The smallest absolute Gasteiger partial charge is 0.245 e. The van der Waals surface area contributed by atoms with E-state index in [4.69, 9.17) is 5.73 Å². The van der Waals surface area contributed by atoms with Crippen LogP contribution in [0.4, 0.5) is 10.1 Å². The molecule has 2 rings (SSSR count). The summed E-state index contributed by atoms with van der Waals surface area (Å²) in [6, 6.07) is 3.29. The fraction of sp³-hybridized carbons (Fsp3) is 0.500. The monoisotopic (exact) mass is 288 g/mol. The molecule has 7 heteroatoms. The number of rotatable bonds is 3. The lowest BCUT2D eigenvalue weighted by atomic mass is 10.0. The molecule has 1 aliphatic rings.